The van der Waals surface area contributed by atoms with Crippen LogP contribution in [-0.4, -0.2) is 53.5 Å². The Morgan fingerprint density at radius 1 is 1.10 bits per heavy atom. The van der Waals surface area contributed by atoms with Gasteiger partial charge in [-0.15, -0.1) is 11.8 Å². The normalized spacial score (nSPS) is 15.1. The van der Waals surface area contributed by atoms with Gasteiger partial charge in [0.25, 0.3) is 0 Å². The molecule has 1 fully saturated rings. The van der Waals surface area contributed by atoms with Gasteiger partial charge in [0, 0.05) is 38.9 Å². The molecule has 1 aromatic rings. The lowest BCUT2D eigenvalue weighted by Gasteiger charge is -2.34. The highest BCUT2D eigenvalue weighted by Crippen LogP contribution is 2.16. The topological polar surface area (TPSA) is 40.6 Å². The summed E-state index contributed by atoms with van der Waals surface area (Å²) in [4.78, 5) is 27.1. The number of carbonyl (C=O) groups excluding carboxylic acids is 2. The van der Waals surface area contributed by atoms with Crippen LogP contribution in [0.4, 0.5) is 0 Å². The van der Waals surface area contributed by atoms with Gasteiger partial charge < -0.3 is 9.80 Å². The number of hydrogen-bond acceptors (Lipinski definition) is 3. The van der Waals surface area contributed by atoms with Crippen molar-refractivity contribution in [2.45, 2.75) is 19.6 Å². The maximum absolute atomic E-state index is 12.2. The van der Waals surface area contributed by atoms with E-state index in [0.29, 0.717) is 31.9 Å². The van der Waals surface area contributed by atoms with Gasteiger partial charge in [-0.05, 0) is 18.1 Å². The smallest absolute Gasteiger partial charge is 0.232 e. The first-order chi connectivity index (χ1) is 10.1. The summed E-state index contributed by atoms with van der Waals surface area (Å²) >= 11 is 1.66. The summed E-state index contributed by atoms with van der Waals surface area (Å²) in [5.41, 5.74) is 2.56. The molecule has 0 radical (unpaired) electrons. The molecule has 1 aliphatic rings. The molecule has 4 nitrogen and oxygen atoms in total. The highest BCUT2D eigenvalue weighted by molar-refractivity contribution is 7.99. The Morgan fingerprint density at radius 2 is 1.71 bits per heavy atom. The molecule has 5 heteroatoms. The molecule has 0 aromatic heterocycles. The molecule has 0 N–H and O–H groups in total. The van der Waals surface area contributed by atoms with Gasteiger partial charge in [0.2, 0.25) is 11.8 Å². The summed E-state index contributed by atoms with van der Waals surface area (Å²) in [5, 5.41) is 0. The zero-order valence-corrected chi connectivity index (χ0v) is 13.5. The number of nitrogens with zero attached hydrogens (tertiary/aromatic N) is 2. The van der Waals surface area contributed by atoms with Crippen LogP contribution in [0.15, 0.2) is 24.3 Å². The van der Waals surface area contributed by atoms with E-state index in [-0.39, 0.29) is 11.8 Å². The first kappa shape index (κ1) is 15.9. The second kappa shape index (κ2) is 7.50. The van der Waals surface area contributed by atoms with Gasteiger partial charge in [-0.2, -0.15) is 0 Å². The van der Waals surface area contributed by atoms with Crippen molar-refractivity contribution >= 4 is 23.6 Å². The molecular formula is C16H22N2O2S. The van der Waals surface area contributed by atoms with Gasteiger partial charge in [0.05, 0.1) is 5.75 Å². The van der Waals surface area contributed by atoms with Crippen LogP contribution in [0.2, 0.25) is 0 Å². The van der Waals surface area contributed by atoms with E-state index in [1.807, 2.05) is 17.0 Å². The zero-order valence-electron chi connectivity index (χ0n) is 12.7. The fraction of sp³-hybridized carbons (Fsp3) is 0.500. The monoisotopic (exact) mass is 306 g/mol. The predicted molar refractivity (Wildman–Crippen MR) is 86.2 cm³/mol. The van der Waals surface area contributed by atoms with Crippen LogP contribution in [0.1, 0.15) is 18.1 Å². The van der Waals surface area contributed by atoms with Crippen LogP contribution in [0.25, 0.3) is 0 Å². The quantitative estimate of drug-likeness (QED) is 0.853. The highest BCUT2D eigenvalue weighted by atomic mass is 32.2. The molecule has 1 saturated heterocycles. The number of benzene rings is 1. The van der Waals surface area contributed by atoms with Gasteiger partial charge in [-0.25, -0.2) is 0 Å². The van der Waals surface area contributed by atoms with E-state index in [2.05, 4.69) is 19.1 Å². The van der Waals surface area contributed by atoms with Crippen molar-refractivity contribution in [1.29, 1.82) is 0 Å². The molecule has 114 valence electrons. The lowest BCUT2D eigenvalue weighted by Crippen LogP contribution is -2.50. The summed E-state index contributed by atoms with van der Waals surface area (Å²) in [6.07, 6.45) is 0. The first-order valence-corrected chi connectivity index (χ1v) is 8.39. The number of hydrogen-bond donors (Lipinski definition) is 0. The van der Waals surface area contributed by atoms with Crippen LogP contribution in [0, 0.1) is 6.92 Å². The maximum atomic E-state index is 12.2. The molecule has 1 aliphatic heterocycles. The summed E-state index contributed by atoms with van der Waals surface area (Å²) in [6.45, 7) is 6.30. The molecular weight excluding hydrogens is 284 g/mol. The molecule has 1 heterocycles. The van der Waals surface area contributed by atoms with Gasteiger partial charge in [-0.1, -0.05) is 24.3 Å². The van der Waals surface area contributed by atoms with Gasteiger partial charge >= 0.3 is 0 Å². The van der Waals surface area contributed by atoms with Crippen LogP contribution in [0.3, 0.4) is 0 Å². The Hall–Kier alpha value is -1.49. The zero-order chi connectivity index (χ0) is 15.2. The molecule has 0 atom stereocenters. The van der Waals surface area contributed by atoms with Gasteiger partial charge in [0.1, 0.15) is 0 Å². The second-order valence-electron chi connectivity index (χ2n) is 5.31. The number of carbonyl (C=O) groups is 2. The van der Waals surface area contributed by atoms with E-state index in [9.17, 15) is 9.59 Å². The average Bonchev–Trinajstić information content (AvgIpc) is 2.49. The Kier molecular flexibility index (Phi) is 5.67. The van der Waals surface area contributed by atoms with E-state index < -0.39 is 0 Å². The van der Waals surface area contributed by atoms with Crippen LogP contribution in [0.5, 0.6) is 0 Å². The standard InChI is InChI=1S/C16H22N2O2S/c1-13-5-3-4-6-15(13)11-21-12-16(20)18-9-7-17(8-10-18)14(2)19/h3-6H,7-12H2,1-2H3. The fourth-order valence-corrected chi connectivity index (χ4v) is 3.39. The summed E-state index contributed by atoms with van der Waals surface area (Å²) < 4.78 is 0. The van der Waals surface area contributed by atoms with E-state index in [1.165, 1.54) is 11.1 Å². The number of rotatable bonds is 4. The van der Waals surface area contributed by atoms with Crippen molar-refractivity contribution in [3.8, 4) is 0 Å². The van der Waals surface area contributed by atoms with Crippen LogP contribution >= 0.6 is 11.8 Å². The molecule has 0 saturated carbocycles. The minimum atomic E-state index is 0.0935. The lowest BCUT2D eigenvalue weighted by atomic mass is 10.1. The molecule has 2 amide bonds. The first-order valence-electron chi connectivity index (χ1n) is 7.23. The van der Waals surface area contributed by atoms with Crippen molar-refractivity contribution < 1.29 is 9.59 Å². The number of thioether (sulfide) groups is 1. The van der Waals surface area contributed by atoms with Crippen molar-refractivity contribution in [2.75, 3.05) is 31.9 Å². The van der Waals surface area contributed by atoms with E-state index in [0.717, 1.165) is 5.75 Å². The molecule has 0 aliphatic carbocycles. The molecule has 0 spiro atoms. The number of aryl methyl sites for hydroxylation is 1. The summed E-state index contributed by atoms with van der Waals surface area (Å²) in [5.74, 6) is 1.65. The third-order valence-corrected chi connectivity index (χ3v) is 4.79. The second-order valence-corrected chi connectivity index (χ2v) is 6.29. The SMILES string of the molecule is CC(=O)N1CCN(C(=O)CSCc2ccccc2C)CC1. The maximum Gasteiger partial charge on any atom is 0.232 e. The fourth-order valence-electron chi connectivity index (χ4n) is 2.38. The Bertz CT molecular complexity index is 511. The van der Waals surface area contributed by atoms with Crippen molar-refractivity contribution in [2.24, 2.45) is 0 Å². The third-order valence-electron chi connectivity index (χ3n) is 3.82. The number of amides is 2. The third kappa shape index (κ3) is 4.49. The summed E-state index contributed by atoms with van der Waals surface area (Å²) in [6, 6.07) is 8.27. The van der Waals surface area contributed by atoms with Crippen molar-refractivity contribution in [1.82, 2.24) is 9.80 Å². The molecule has 2 rings (SSSR count). The minimum Gasteiger partial charge on any atom is -0.339 e. The predicted octanol–water partition coefficient (Wildman–Crippen LogP) is 1.92. The molecule has 0 unspecified atom stereocenters. The van der Waals surface area contributed by atoms with E-state index in [1.54, 1.807) is 23.6 Å². The van der Waals surface area contributed by atoms with Gasteiger partial charge in [0.15, 0.2) is 0 Å². The summed E-state index contributed by atoms with van der Waals surface area (Å²) in [7, 11) is 0. The van der Waals surface area contributed by atoms with Crippen LogP contribution in [-0.2, 0) is 15.3 Å². The Labute approximate surface area is 130 Å². The molecule has 21 heavy (non-hydrogen) atoms. The Morgan fingerprint density at radius 3 is 2.33 bits per heavy atom. The largest absolute Gasteiger partial charge is 0.339 e. The van der Waals surface area contributed by atoms with E-state index >= 15 is 0 Å². The Balaban J connectivity index is 1.73. The van der Waals surface area contributed by atoms with Crippen LogP contribution < -0.4 is 0 Å². The van der Waals surface area contributed by atoms with E-state index in [4.69, 9.17) is 0 Å². The van der Waals surface area contributed by atoms with Gasteiger partial charge in [-0.3, -0.25) is 9.59 Å². The molecule has 1 aromatic carbocycles. The highest BCUT2D eigenvalue weighted by Gasteiger charge is 2.21. The van der Waals surface area contributed by atoms with Crippen molar-refractivity contribution in [3.63, 3.8) is 0 Å². The molecule has 0 bridgehead atoms. The average molecular weight is 306 g/mol. The lowest BCUT2D eigenvalue weighted by molar-refractivity contribution is -0.136. The van der Waals surface area contributed by atoms with Crippen molar-refractivity contribution in [3.05, 3.63) is 35.4 Å². The minimum absolute atomic E-state index is 0.0935. The number of piperazine rings is 1.